The summed E-state index contributed by atoms with van der Waals surface area (Å²) in [5, 5.41) is 2.98. The Bertz CT molecular complexity index is 467. The summed E-state index contributed by atoms with van der Waals surface area (Å²) in [4.78, 5) is 1.28. The monoisotopic (exact) mass is 380 g/mol. The van der Waals surface area contributed by atoms with E-state index >= 15 is 0 Å². The lowest BCUT2D eigenvalue weighted by atomic mass is 10.2. The Hall–Kier alpha value is -0.130. The second kappa shape index (κ2) is 8.30. The molecule has 0 radical (unpaired) electrons. The van der Waals surface area contributed by atoms with Crippen molar-refractivity contribution in [2.75, 3.05) is 46.3 Å². The number of hydrogen-bond donors (Lipinski definition) is 2. The maximum Gasteiger partial charge on any atom is 0.405 e. The first kappa shape index (κ1) is 20.9. The van der Waals surface area contributed by atoms with Gasteiger partial charge in [-0.15, -0.1) is 12.4 Å². The van der Waals surface area contributed by atoms with Gasteiger partial charge in [0, 0.05) is 46.3 Å². The van der Waals surface area contributed by atoms with Gasteiger partial charge >= 0.3 is 6.18 Å². The minimum Gasteiger partial charge on any atom is -0.314 e. The number of nitrogens with one attached hydrogen (secondary N) is 2. The minimum absolute atomic E-state index is 0. The average molecular weight is 381 g/mol. The molecule has 1 heterocycles. The normalized spacial score (nSPS) is 22.0. The van der Waals surface area contributed by atoms with Crippen LogP contribution in [0.5, 0.6) is 0 Å². The second-order valence-corrected chi connectivity index (χ2v) is 7.78. The molecule has 0 amide bonds. The third-order valence-electron chi connectivity index (χ3n) is 4.05. The quantitative estimate of drug-likeness (QED) is 0.672. The van der Waals surface area contributed by atoms with Crippen molar-refractivity contribution in [2.45, 2.75) is 25.1 Å². The highest BCUT2D eigenvalue weighted by Crippen LogP contribution is 2.30. The van der Waals surface area contributed by atoms with Crippen molar-refractivity contribution in [3.05, 3.63) is 0 Å². The topological polar surface area (TPSA) is 64.7 Å². The van der Waals surface area contributed by atoms with Gasteiger partial charge in [0.2, 0.25) is 0 Å². The number of alkyl halides is 3. The van der Waals surface area contributed by atoms with Crippen LogP contribution in [0.1, 0.15) is 12.8 Å². The highest BCUT2D eigenvalue weighted by molar-refractivity contribution is 7.87. The van der Waals surface area contributed by atoms with Crippen molar-refractivity contribution in [1.82, 2.24) is 19.2 Å². The van der Waals surface area contributed by atoms with Gasteiger partial charge in [0.15, 0.2) is 0 Å². The summed E-state index contributed by atoms with van der Waals surface area (Å²) < 4.78 is 66.8. The van der Waals surface area contributed by atoms with Crippen LogP contribution in [-0.4, -0.2) is 76.2 Å². The summed E-state index contributed by atoms with van der Waals surface area (Å²) in [6.45, 7) is 1.16. The van der Waals surface area contributed by atoms with E-state index in [0.717, 1.165) is 17.1 Å². The second-order valence-electron chi connectivity index (χ2n) is 5.92. The van der Waals surface area contributed by atoms with Gasteiger partial charge < -0.3 is 5.32 Å². The molecule has 1 aliphatic carbocycles. The maximum atomic E-state index is 13.2. The molecular weight excluding hydrogens is 357 g/mol. The van der Waals surface area contributed by atoms with E-state index in [0.29, 0.717) is 25.6 Å². The highest BCUT2D eigenvalue weighted by atomic mass is 35.5. The predicted molar refractivity (Wildman–Crippen MR) is 83.8 cm³/mol. The Kier molecular flexibility index (Phi) is 7.55. The summed E-state index contributed by atoms with van der Waals surface area (Å²) >= 11 is 0. The Balaban J connectivity index is 0.00000264. The molecule has 0 aromatic heterocycles. The standard InChI is InChI=1S/C12H23F3N4O2S.ClH/c1-18(9-10-2-3-10)22(20,21)17-8-11(12(13,14)15)19-6-4-16-5-7-19;/h10-11,16-17H,2-9H2,1H3;1H. The number of rotatable bonds is 7. The van der Waals surface area contributed by atoms with Crippen molar-refractivity contribution >= 4 is 22.6 Å². The van der Waals surface area contributed by atoms with E-state index in [4.69, 9.17) is 0 Å². The van der Waals surface area contributed by atoms with Gasteiger partial charge in [0.1, 0.15) is 6.04 Å². The molecule has 6 nitrogen and oxygen atoms in total. The van der Waals surface area contributed by atoms with Crippen LogP contribution >= 0.6 is 12.4 Å². The highest BCUT2D eigenvalue weighted by Gasteiger charge is 2.44. The summed E-state index contributed by atoms with van der Waals surface area (Å²) in [7, 11) is -2.47. The molecule has 1 atom stereocenters. The average Bonchev–Trinajstić information content (AvgIpc) is 3.22. The van der Waals surface area contributed by atoms with E-state index < -0.39 is 29.0 Å². The van der Waals surface area contributed by atoms with Gasteiger partial charge in [-0.3, -0.25) is 4.90 Å². The van der Waals surface area contributed by atoms with Gasteiger partial charge in [-0.1, -0.05) is 0 Å². The van der Waals surface area contributed by atoms with Crippen molar-refractivity contribution < 1.29 is 21.6 Å². The Morgan fingerprint density at radius 2 is 1.87 bits per heavy atom. The Labute approximate surface area is 141 Å². The lowest BCUT2D eigenvalue weighted by molar-refractivity contribution is -0.182. The molecular formula is C12H24ClF3N4O2S. The summed E-state index contributed by atoms with van der Waals surface area (Å²) in [5.74, 6) is 0.341. The van der Waals surface area contributed by atoms with Gasteiger partial charge in [0.25, 0.3) is 10.2 Å². The number of halogens is 4. The van der Waals surface area contributed by atoms with Crippen molar-refractivity contribution in [3.8, 4) is 0 Å². The fraction of sp³-hybridized carbons (Fsp3) is 1.00. The zero-order valence-corrected chi connectivity index (χ0v) is 14.6. The molecule has 1 aliphatic heterocycles. The third-order valence-corrected chi connectivity index (χ3v) is 5.55. The molecule has 2 N–H and O–H groups in total. The van der Waals surface area contributed by atoms with Crippen molar-refractivity contribution in [3.63, 3.8) is 0 Å². The number of hydrogen-bond acceptors (Lipinski definition) is 4. The van der Waals surface area contributed by atoms with E-state index in [1.807, 2.05) is 0 Å². The number of piperazine rings is 1. The van der Waals surface area contributed by atoms with E-state index in [2.05, 4.69) is 10.0 Å². The summed E-state index contributed by atoms with van der Waals surface area (Å²) in [5.41, 5.74) is 0. The maximum absolute atomic E-state index is 13.2. The zero-order chi connectivity index (χ0) is 16.4. The molecule has 2 aliphatic rings. The molecule has 138 valence electrons. The van der Waals surface area contributed by atoms with Gasteiger partial charge in [-0.05, 0) is 18.8 Å². The molecule has 2 fully saturated rings. The molecule has 1 saturated heterocycles. The van der Waals surface area contributed by atoms with Crippen LogP contribution in [0.15, 0.2) is 0 Å². The van der Waals surface area contributed by atoms with Crippen LogP contribution < -0.4 is 10.0 Å². The molecule has 0 aromatic carbocycles. The molecule has 11 heteroatoms. The van der Waals surface area contributed by atoms with Crippen LogP contribution in [0.2, 0.25) is 0 Å². The fourth-order valence-corrected chi connectivity index (χ4v) is 3.50. The van der Waals surface area contributed by atoms with Crippen molar-refractivity contribution in [1.29, 1.82) is 0 Å². The van der Waals surface area contributed by atoms with Gasteiger partial charge in [-0.2, -0.15) is 25.9 Å². The van der Waals surface area contributed by atoms with Crippen LogP contribution in [0.3, 0.4) is 0 Å². The van der Waals surface area contributed by atoms with E-state index in [9.17, 15) is 21.6 Å². The first-order valence-corrected chi connectivity index (χ1v) is 8.86. The first-order chi connectivity index (χ1) is 10.2. The van der Waals surface area contributed by atoms with Crippen LogP contribution in [0, 0.1) is 5.92 Å². The molecule has 0 spiro atoms. The smallest absolute Gasteiger partial charge is 0.314 e. The van der Waals surface area contributed by atoms with E-state index in [1.54, 1.807) is 0 Å². The molecule has 1 unspecified atom stereocenters. The fourth-order valence-electron chi connectivity index (χ4n) is 2.50. The third kappa shape index (κ3) is 6.35. The first-order valence-electron chi connectivity index (χ1n) is 7.42. The Morgan fingerprint density at radius 3 is 2.35 bits per heavy atom. The zero-order valence-electron chi connectivity index (χ0n) is 13.0. The largest absolute Gasteiger partial charge is 0.405 e. The molecule has 0 aromatic rings. The van der Waals surface area contributed by atoms with Crippen LogP contribution in [-0.2, 0) is 10.2 Å². The van der Waals surface area contributed by atoms with Gasteiger partial charge in [-0.25, -0.2) is 4.72 Å². The van der Waals surface area contributed by atoms with Crippen molar-refractivity contribution in [2.24, 2.45) is 5.92 Å². The van der Waals surface area contributed by atoms with Crippen LogP contribution in [0.25, 0.3) is 0 Å². The SMILES string of the molecule is CN(CC1CC1)S(=O)(=O)NCC(N1CCNCC1)C(F)(F)F.Cl. The minimum atomic E-state index is -4.46. The Morgan fingerprint density at radius 1 is 1.30 bits per heavy atom. The van der Waals surface area contributed by atoms with E-state index in [-0.39, 0.29) is 25.5 Å². The molecule has 1 saturated carbocycles. The summed E-state index contributed by atoms with van der Waals surface area (Å²) in [6, 6.07) is -1.79. The summed E-state index contributed by atoms with van der Waals surface area (Å²) in [6.07, 6.45) is -2.51. The lowest BCUT2D eigenvalue weighted by Crippen LogP contribution is -2.58. The molecule has 2 rings (SSSR count). The lowest BCUT2D eigenvalue weighted by Gasteiger charge is -2.36. The predicted octanol–water partition coefficient (Wildman–Crippen LogP) is 0.421. The van der Waals surface area contributed by atoms with Gasteiger partial charge in [0.05, 0.1) is 0 Å². The van der Waals surface area contributed by atoms with E-state index in [1.165, 1.54) is 11.9 Å². The number of nitrogens with zero attached hydrogens (tertiary/aromatic N) is 2. The molecule has 0 bridgehead atoms. The molecule has 23 heavy (non-hydrogen) atoms. The van der Waals surface area contributed by atoms with Crippen LogP contribution in [0.4, 0.5) is 13.2 Å².